The molecule has 3 heteroatoms. The summed E-state index contributed by atoms with van der Waals surface area (Å²) >= 11 is 2.40. The van der Waals surface area contributed by atoms with E-state index in [0.29, 0.717) is 12.1 Å². The Labute approximate surface area is 77.1 Å². The fourth-order valence-electron chi connectivity index (χ4n) is 1.34. The van der Waals surface area contributed by atoms with Crippen LogP contribution in [0.1, 0.15) is 13.8 Å². The van der Waals surface area contributed by atoms with Gasteiger partial charge in [0.15, 0.2) is 0 Å². The minimum absolute atomic E-state index is 0.709. The van der Waals surface area contributed by atoms with Gasteiger partial charge in [0.25, 0.3) is 0 Å². The second-order valence-corrected chi connectivity index (χ2v) is 4.56. The molecule has 60 valence electrons. The van der Waals surface area contributed by atoms with Crippen LogP contribution in [0.4, 0.5) is 0 Å². The van der Waals surface area contributed by atoms with Gasteiger partial charge in [-0.2, -0.15) is 0 Å². The summed E-state index contributed by atoms with van der Waals surface area (Å²) in [5, 5.41) is 0. The highest BCUT2D eigenvalue weighted by Crippen LogP contribution is 2.15. The largest absolute Gasteiger partial charge is 0.298 e. The summed E-state index contributed by atoms with van der Waals surface area (Å²) in [6.07, 6.45) is 0. The summed E-state index contributed by atoms with van der Waals surface area (Å²) in [6, 6.07) is 1.42. The molecule has 0 aromatic carbocycles. The Morgan fingerprint density at radius 3 is 2.00 bits per heavy atom. The van der Waals surface area contributed by atoms with Crippen molar-refractivity contribution in [3.63, 3.8) is 0 Å². The Hall–Kier alpha value is 0.650. The van der Waals surface area contributed by atoms with Crippen molar-refractivity contribution in [1.82, 2.24) is 8.01 Å². The van der Waals surface area contributed by atoms with Gasteiger partial charge in [-0.25, -0.2) is 3.11 Å². The summed E-state index contributed by atoms with van der Waals surface area (Å²) in [5.41, 5.74) is 0. The lowest BCUT2D eigenvalue weighted by Crippen LogP contribution is -2.51. The minimum Gasteiger partial charge on any atom is -0.298 e. The van der Waals surface area contributed by atoms with E-state index in [1.54, 1.807) is 0 Å². The lowest BCUT2D eigenvalue weighted by molar-refractivity contribution is 0.119. The van der Waals surface area contributed by atoms with E-state index in [2.05, 4.69) is 51.8 Å². The summed E-state index contributed by atoms with van der Waals surface area (Å²) < 4.78 is 2.37. The topological polar surface area (TPSA) is 6.48 Å². The quantitative estimate of drug-likeness (QED) is 0.475. The molecular weight excluding hydrogens is 239 g/mol. The van der Waals surface area contributed by atoms with Crippen LogP contribution in [0.15, 0.2) is 0 Å². The molecule has 0 bridgehead atoms. The van der Waals surface area contributed by atoms with Crippen LogP contribution in [0.5, 0.6) is 0 Å². The average molecular weight is 254 g/mol. The smallest absolute Gasteiger partial charge is 0.0235 e. The molecule has 0 radical (unpaired) electrons. The first kappa shape index (κ1) is 8.74. The SMILES string of the molecule is CC1CN(I)C[C@H](C)N1C. The Morgan fingerprint density at radius 2 is 1.60 bits per heavy atom. The highest BCUT2D eigenvalue weighted by atomic mass is 127. The van der Waals surface area contributed by atoms with Gasteiger partial charge in [0, 0.05) is 48.0 Å². The average Bonchev–Trinajstić information content (AvgIpc) is 1.82. The Kier molecular flexibility index (Phi) is 2.94. The van der Waals surface area contributed by atoms with Crippen molar-refractivity contribution in [2.75, 3.05) is 20.1 Å². The molecule has 0 aromatic rings. The van der Waals surface area contributed by atoms with Crippen LogP contribution in [-0.2, 0) is 0 Å². The number of piperazine rings is 1. The summed E-state index contributed by atoms with van der Waals surface area (Å²) in [4.78, 5) is 2.44. The molecule has 1 heterocycles. The molecule has 2 atom stereocenters. The van der Waals surface area contributed by atoms with Crippen LogP contribution in [0.3, 0.4) is 0 Å². The lowest BCUT2D eigenvalue weighted by atomic mass is 10.1. The first-order valence-corrected chi connectivity index (χ1v) is 4.70. The molecular formula is C7H15IN2. The van der Waals surface area contributed by atoms with Crippen molar-refractivity contribution in [2.24, 2.45) is 0 Å². The zero-order chi connectivity index (χ0) is 7.72. The maximum atomic E-state index is 2.44. The van der Waals surface area contributed by atoms with Gasteiger partial charge >= 0.3 is 0 Å². The number of hydrogen-bond acceptors (Lipinski definition) is 2. The standard InChI is InChI=1S/C7H15IN2/c1-6-4-10(8)5-7(2)9(6)3/h6-7H,4-5H2,1-3H3/t6-,7?/m0/s1. The summed E-state index contributed by atoms with van der Waals surface area (Å²) in [7, 11) is 2.21. The number of rotatable bonds is 0. The Morgan fingerprint density at radius 1 is 1.20 bits per heavy atom. The van der Waals surface area contributed by atoms with Gasteiger partial charge in [0.2, 0.25) is 0 Å². The Balaban J connectivity index is 2.49. The number of likely N-dealkylation sites (N-methyl/N-ethyl adjacent to an activating group) is 1. The molecule has 2 nitrogen and oxygen atoms in total. The van der Waals surface area contributed by atoms with E-state index in [9.17, 15) is 0 Å². The van der Waals surface area contributed by atoms with E-state index in [4.69, 9.17) is 0 Å². The normalized spacial score (nSPS) is 38.4. The van der Waals surface area contributed by atoms with Crippen molar-refractivity contribution in [1.29, 1.82) is 0 Å². The van der Waals surface area contributed by atoms with Gasteiger partial charge in [0.1, 0.15) is 0 Å². The maximum absolute atomic E-state index is 2.44. The fraction of sp³-hybridized carbons (Fsp3) is 1.00. The van der Waals surface area contributed by atoms with Crippen molar-refractivity contribution >= 4 is 22.9 Å². The molecule has 0 aliphatic carbocycles. The van der Waals surface area contributed by atoms with Gasteiger partial charge < -0.3 is 0 Å². The lowest BCUT2D eigenvalue weighted by Gasteiger charge is -2.39. The molecule has 1 rings (SSSR count). The summed E-state index contributed by atoms with van der Waals surface area (Å²) in [5.74, 6) is 0. The van der Waals surface area contributed by atoms with Crippen LogP contribution >= 0.6 is 22.9 Å². The predicted molar refractivity (Wildman–Crippen MR) is 52.3 cm³/mol. The molecule has 10 heavy (non-hydrogen) atoms. The first-order valence-electron chi connectivity index (χ1n) is 3.74. The van der Waals surface area contributed by atoms with Crippen LogP contribution < -0.4 is 0 Å². The van der Waals surface area contributed by atoms with Crippen molar-refractivity contribution < 1.29 is 0 Å². The molecule has 0 amide bonds. The zero-order valence-corrected chi connectivity index (χ0v) is 9.00. The second-order valence-electron chi connectivity index (χ2n) is 3.19. The van der Waals surface area contributed by atoms with Crippen LogP contribution in [0, 0.1) is 0 Å². The zero-order valence-electron chi connectivity index (χ0n) is 6.84. The minimum atomic E-state index is 0.709. The van der Waals surface area contributed by atoms with E-state index in [0.717, 1.165) is 0 Å². The number of halogens is 1. The van der Waals surface area contributed by atoms with Gasteiger partial charge in [-0.05, 0) is 20.9 Å². The molecule has 0 spiro atoms. The highest BCUT2D eigenvalue weighted by molar-refractivity contribution is 14.1. The van der Waals surface area contributed by atoms with E-state index < -0.39 is 0 Å². The molecule has 1 aliphatic rings. The maximum Gasteiger partial charge on any atom is 0.0235 e. The third-order valence-corrected chi connectivity index (χ3v) is 3.10. The van der Waals surface area contributed by atoms with Crippen LogP contribution in [0.25, 0.3) is 0 Å². The first-order chi connectivity index (χ1) is 4.61. The molecule has 1 unspecified atom stereocenters. The predicted octanol–water partition coefficient (Wildman–Crippen LogP) is 1.36. The molecule has 1 saturated heterocycles. The highest BCUT2D eigenvalue weighted by Gasteiger charge is 2.24. The van der Waals surface area contributed by atoms with E-state index in [1.165, 1.54) is 13.1 Å². The van der Waals surface area contributed by atoms with Crippen LogP contribution in [-0.4, -0.2) is 40.2 Å². The molecule has 0 aromatic heterocycles. The Bertz CT molecular complexity index is 106. The van der Waals surface area contributed by atoms with E-state index in [1.807, 2.05) is 0 Å². The van der Waals surface area contributed by atoms with Crippen molar-refractivity contribution in [3.05, 3.63) is 0 Å². The van der Waals surface area contributed by atoms with Crippen molar-refractivity contribution in [3.8, 4) is 0 Å². The van der Waals surface area contributed by atoms with Gasteiger partial charge in [-0.1, -0.05) is 0 Å². The van der Waals surface area contributed by atoms with E-state index >= 15 is 0 Å². The number of hydrogen-bond donors (Lipinski definition) is 0. The third-order valence-electron chi connectivity index (χ3n) is 2.32. The fourth-order valence-corrected chi connectivity index (χ4v) is 2.48. The van der Waals surface area contributed by atoms with Crippen LogP contribution in [0.2, 0.25) is 0 Å². The second kappa shape index (κ2) is 3.36. The number of nitrogens with zero attached hydrogens (tertiary/aromatic N) is 2. The monoisotopic (exact) mass is 254 g/mol. The molecule has 0 saturated carbocycles. The molecule has 0 N–H and O–H groups in total. The van der Waals surface area contributed by atoms with Gasteiger partial charge in [-0.3, -0.25) is 4.90 Å². The van der Waals surface area contributed by atoms with Gasteiger partial charge in [0.05, 0.1) is 0 Å². The summed E-state index contributed by atoms with van der Waals surface area (Å²) in [6.45, 7) is 6.95. The van der Waals surface area contributed by atoms with E-state index in [-0.39, 0.29) is 0 Å². The van der Waals surface area contributed by atoms with Crippen molar-refractivity contribution in [2.45, 2.75) is 25.9 Å². The molecule has 1 fully saturated rings. The molecule has 1 aliphatic heterocycles. The third kappa shape index (κ3) is 1.83. The van der Waals surface area contributed by atoms with Gasteiger partial charge in [-0.15, -0.1) is 0 Å².